The predicted octanol–water partition coefficient (Wildman–Crippen LogP) is 2.68. The Morgan fingerprint density at radius 2 is 1.89 bits per heavy atom. The number of hydrogen-bond donors (Lipinski definition) is 2. The van der Waals surface area contributed by atoms with Crippen molar-refractivity contribution in [3.05, 3.63) is 0 Å². The molecule has 4 heteroatoms. The predicted molar refractivity (Wildman–Crippen MR) is 74.7 cm³/mol. The summed E-state index contributed by atoms with van der Waals surface area (Å²) < 4.78 is 0. The molecular formula is C15H27NO3. The first kappa shape index (κ1) is 16.0. The summed E-state index contributed by atoms with van der Waals surface area (Å²) in [6, 6.07) is 0. The lowest BCUT2D eigenvalue weighted by Crippen LogP contribution is -2.29. The normalized spacial score (nSPS) is 22.1. The second-order valence-electron chi connectivity index (χ2n) is 6.76. The van der Waals surface area contributed by atoms with Gasteiger partial charge in [-0.3, -0.25) is 9.59 Å². The number of rotatable bonds is 8. The lowest BCUT2D eigenvalue weighted by Gasteiger charge is -2.20. The van der Waals surface area contributed by atoms with Gasteiger partial charge in [0, 0.05) is 18.9 Å². The first-order chi connectivity index (χ1) is 8.74. The van der Waals surface area contributed by atoms with E-state index in [-0.39, 0.29) is 23.7 Å². The zero-order valence-corrected chi connectivity index (χ0v) is 12.5. The Kier molecular flexibility index (Phi) is 5.39. The molecule has 0 radical (unpaired) electrons. The van der Waals surface area contributed by atoms with Crippen LogP contribution in [0.5, 0.6) is 0 Å². The number of nitrogens with one attached hydrogen (secondary N) is 1. The molecule has 1 aliphatic rings. The topological polar surface area (TPSA) is 66.4 Å². The zero-order valence-electron chi connectivity index (χ0n) is 12.5. The summed E-state index contributed by atoms with van der Waals surface area (Å²) in [7, 11) is 0. The van der Waals surface area contributed by atoms with Crippen molar-refractivity contribution in [2.75, 3.05) is 6.54 Å². The molecule has 0 aromatic heterocycles. The monoisotopic (exact) mass is 269 g/mol. The second-order valence-corrected chi connectivity index (χ2v) is 6.76. The summed E-state index contributed by atoms with van der Waals surface area (Å²) in [5, 5.41) is 11.7. The van der Waals surface area contributed by atoms with Crippen LogP contribution in [0.4, 0.5) is 0 Å². The second kappa shape index (κ2) is 6.40. The standard InChI is InChI=1S/C15H27NO3/c1-10(2)11(5-6-13(17)18)7-8-16-14(19)12-9-15(12,3)4/h10-12H,5-9H2,1-4H3,(H,16,19)(H,17,18). The van der Waals surface area contributed by atoms with Gasteiger partial charge in [-0.15, -0.1) is 0 Å². The van der Waals surface area contributed by atoms with Crippen LogP contribution in [0, 0.1) is 23.2 Å². The van der Waals surface area contributed by atoms with E-state index in [4.69, 9.17) is 5.11 Å². The molecule has 4 nitrogen and oxygen atoms in total. The number of aliphatic carboxylic acids is 1. The molecule has 1 fully saturated rings. The number of carboxylic acid groups (broad SMARTS) is 1. The van der Waals surface area contributed by atoms with Crippen LogP contribution in [0.2, 0.25) is 0 Å². The molecule has 2 N–H and O–H groups in total. The number of carbonyl (C=O) groups excluding carboxylic acids is 1. The van der Waals surface area contributed by atoms with Gasteiger partial charge in [0.15, 0.2) is 0 Å². The molecule has 0 spiro atoms. The third-order valence-electron chi connectivity index (χ3n) is 4.32. The van der Waals surface area contributed by atoms with Gasteiger partial charge in [0.05, 0.1) is 0 Å². The number of carboxylic acids is 1. The molecule has 0 aliphatic heterocycles. The highest BCUT2D eigenvalue weighted by molar-refractivity contribution is 5.82. The molecule has 1 amide bonds. The SMILES string of the molecule is CC(C)C(CCNC(=O)C1CC1(C)C)CCC(=O)O. The Balaban J connectivity index is 2.25. The van der Waals surface area contributed by atoms with Crippen molar-refractivity contribution >= 4 is 11.9 Å². The molecule has 0 aromatic rings. The lowest BCUT2D eigenvalue weighted by atomic mass is 9.88. The lowest BCUT2D eigenvalue weighted by molar-refractivity contribution is -0.137. The van der Waals surface area contributed by atoms with Gasteiger partial charge in [0.1, 0.15) is 0 Å². The molecule has 1 aliphatic carbocycles. The van der Waals surface area contributed by atoms with Gasteiger partial charge in [0.2, 0.25) is 5.91 Å². The van der Waals surface area contributed by atoms with Crippen LogP contribution in [-0.4, -0.2) is 23.5 Å². The van der Waals surface area contributed by atoms with Crippen molar-refractivity contribution in [2.24, 2.45) is 23.2 Å². The molecule has 0 heterocycles. The highest BCUT2D eigenvalue weighted by atomic mass is 16.4. The average Bonchev–Trinajstić information content (AvgIpc) is 2.91. The quantitative estimate of drug-likeness (QED) is 0.712. The first-order valence-electron chi connectivity index (χ1n) is 7.23. The van der Waals surface area contributed by atoms with E-state index in [1.165, 1.54) is 0 Å². The maximum atomic E-state index is 11.8. The van der Waals surface area contributed by atoms with E-state index in [0.717, 1.165) is 12.8 Å². The van der Waals surface area contributed by atoms with E-state index in [1.54, 1.807) is 0 Å². The summed E-state index contributed by atoms with van der Waals surface area (Å²) in [5.41, 5.74) is 0.171. The smallest absolute Gasteiger partial charge is 0.303 e. The van der Waals surface area contributed by atoms with Crippen molar-refractivity contribution < 1.29 is 14.7 Å². The van der Waals surface area contributed by atoms with E-state index in [9.17, 15) is 9.59 Å². The van der Waals surface area contributed by atoms with Gasteiger partial charge in [-0.25, -0.2) is 0 Å². The van der Waals surface area contributed by atoms with Gasteiger partial charge in [-0.2, -0.15) is 0 Å². The minimum absolute atomic E-state index is 0.158. The number of hydrogen-bond acceptors (Lipinski definition) is 2. The Morgan fingerprint density at radius 1 is 1.32 bits per heavy atom. The maximum absolute atomic E-state index is 11.8. The van der Waals surface area contributed by atoms with Crippen molar-refractivity contribution in [3.63, 3.8) is 0 Å². The summed E-state index contributed by atoms with van der Waals surface area (Å²) in [4.78, 5) is 22.4. The van der Waals surface area contributed by atoms with Crippen LogP contribution in [0.1, 0.15) is 53.4 Å². The molecule has 0 saturated heterocycles. The van der Waals surface area contributed by atoms with Crippen LogP contribution in [-0.2, 0) is 9.59 Å². The highest BCUT2D eigenvalue weighted by Gasteiger charge is 2.50. The van der Waals surface area contributed by atoms with Crippen molar-refractivity contribution in [2.45, 2.75) is 53.4 Å². The fourth-order valence-electron chi connectivity index (χ4n) is 2.54. The van der Waals surface area contributed by atoms with E-state index in [2.05, 4.69) is 33.0 Å². The Labute approximate surface area is 116 Å². The third-order valence-corrected chi connectivity index (χ3v) is 4.32. The van der Waals surface area contributed by atoms with E-state index >= 15 is 0 Å². The largest absolute Gasteiger partial charge is 0.481 e. The molecule has 1 saturated carbocycles. The summed E-state index contributed by atoms with van der Waals surface area (Å²) in [5.74, 6) is 0.404. The van der Waals surface area contributed by atoms with E-state index in [0.29, 0.717) is 24.8 Å². The maximum Gasteiger partial charge on any atom is 0.303 e. The highest BCUT2D eigenvalue weighted by Crippen LogP contribution is 2.51. The fourth-order valence-corrected chi connectivity index (χ4v) is 2.54. The summed E-state index contributed by atoms with van der Waals surface area (Å²) in [6.07, 6.45) is 2.75. The van der Waals surface area contributed by atoms with Crippen LogP contribution in [0.25, 0.3) is 0 Å². The number of amides is 1. The Bertz CT molecular complexity index is 336. The van der Waals surface area contributed by atoms with Crippen LogP contribution in [0.3, 0.4) is 0 Å². The molecule has 0 bridgehead atoms. The van der Waals surface area contributed by atoms with Crippen LogP contribution < -0.4 is 5.32 Å². The van der Waals surface area contributed by atoms with Crippen LogP contribution in [0.15, 0.2) is 0 Å². The third kappa shape index (κ3) is 5.21. The van der Waals surface area contributed by atoms with Crippen molar-refractivity contribution in [3.8, 4) is 0 Å². The van der Waals surface area contributed by atoms with E-state index in [1.807, 2.05) is 0 Å². The van der Waals surface area contributed by atoms with Gasteiger partial charge in [-0.05, 0) is 36.5 Å². The fraction of sp³-hybridized carbons (Fsp3) is 0.867. The average molecular weight is 269 g/mol. The van der Waals surface area contributed by atoms with E-state index < -0.39 is 5.97 Å². The number of carbonyl (C=O) groups is 2. The minimum atomic E-state index is -0.741. The van der Waals surface area contributed by atoms with Crippen LogP contribution >= 0.6 is 0 Å². The molecule has 19 heavy (non-hydrogen) atoms. The molecule has 2 unspecified atom stereocenters. The first-order valence-corrected chi connectivity index (χ1v) is 7.23. The molecule has 1 rings (SSSR count). The van der Waals surface area contributed by atoms with Gasteiger partial charge >= 0.3 is 5.97 Å². The molecular weight excluding hydrogens is 242 g/mol. The molecule has 0 aromatic carbocycles. The van der Waals surface area contributed by atoms with Gasteiger partial charge in [0.25, 0.3) is 0 Å². The Hall–Kier alpha value is -1.06. The zero-order chi connectivity index (χ0) is 14.6. The molecule has 2 atom stereocenters. The van der Waals surface area contributed by atoms with Crippen molar-refractivity contribution in [1.29, 1.82) is 0 Å². The molecule has 110 valence electrons. The van der Waals surface area contributed by atoms with Crippen molar-refractivity contribution in [1.82, 2.24) is 5.32 Å². The Morgan fingerprint density at radius 3 is 2.32 bits per heavy atom. The minimum Gasteiger partial charge on any atom is -0.481 e. The summed E-state index contributed by atoms with van der Waals surface area (Å²) in [6.45, 7) is 9.10. The summed E-state index contributed by atoms with van der Waals surface area (Å²) >= 11 is 0. The van der Waals surface area contributed by atoms with Gasteiger partial charge < -0.3 is 10.4 Å². The van der Waals surface area contributed by atoms with Gasteiger partial charge in [-0.1, -0.05) is 27.7 Å².